The molecule has 0 unspecified atom stereocenters. The molecule has 5 aromatic rings. The number of carbonyl (C=O) groups is 1. The lowest BCUT2D eigenvalue weighted by atomic mass is 10.0. The van der Waals surface area contributed by atoms with Crippen LogP contribution < -0.4 is 10.3 Å². The fraction of sp³-hybridized carbons (Fsp3) is 0.0741. The molecule has 0 fully saturated rings. The van der Waals surface area contributed by atoms with Crippen LogP contribution in [0.2, 0.25) is 0 Å². The minimum atomic E-state index is -4.77. The molecule has 204 valence electrons. The molecule has 13 heteroatoms. The Labute approximate surface area is 224 Å². The lowest BCUT2D eigenvalue weighted by Crippen LogP contribution is -2.33. The maximum absolute atomic E-state index is 14.7. The Balaban J connectivity index is 1.83. The zero-order valence-corrected chi connectivity index (χ0v) is 21.1. The number of nitrogens with one attached hydrogen (secondary N) is 2. The van der Waals surface area contributed by atoms with Gasteiger partial charge in [0.05, 0.1) is 12.1 Å². The van der Waals surface area contributed by atoms with E-state index in [2.05, 4.69) is 9.97 Å². The SMILES string of the molecule is O=C(NS(=O)(=O)c1cccnc1)c1c(-c2ccc[nH]c2=O)c2cc(C(F)(F)F)ccc2n1Cc1ccccc1F. The first-order valence-corrected chi connectivity index (χ1v) is 13.1. The van der Waals surface area contributed by atoms with Crippen LogP contribution in [0.25, 0.3) is 22.0 Å². The van der Waals surface area contributed by atoms with E-state index in [4.69, 9.17) is 0 Å². The Morgan fingerprint density at radius 1 is 1.02 bits per heavy atom. The lowest BCUT2D eigenvalue weighted by molar-refractivity contribution is -0.137. The van der Waals surface area contributed by atoms with Gasteiger partial charge < -0.3 is 9.55 Å². The molecule has 8 nitrogen and oxygen atoms in total. The Morgan fingerprint density at radius 2 is 1.80 bits per heavy atom. The van der Waals surface area contributed by atoms with E-state index in [1.807, 2.05) is 4.72 Å². The van der Waals surface area contributed by atoms with Crippen LogP contribution in [0, 0.1) is 5.82 Å². The van der Waals surface area contributed by atoms with E-state index < -0.39 is 44.7 Å². The van der Waals surface area contributed by atoms with E-state index in [-0.39, 0.29) is 39.0 Å². The maximum atomic E-state index is 14.7. The van der Waals surface area contributed by atoms with Crippen LogP contribution >= 0.6 is 0 Å². The number of alkyl halides is 3. The normalized spacial score (nSPS) is 12.0. The quantitative estimate of drug-likeness (QED) is 0.287. The zero-order valence-electron chi connectivity index (χ0n) is 20.2. The first kappa shape index (κ1) is 26.8. The summed E-state index contributed by atoms with van der Waals surface area (Å²) in [5, 5.41) is -0.160. The second-order valence-electron chi connectivity index (χ2n) is 8.67. The molecule has 3 aromatic heterocycles. The summed E-state index contributed by atoms with van der Waals surface area (Å²) in [7, 11) is -4.50. The van der Waals surface area contributed by atoms with Crippen molar-refractivity contribution in [2.24, 2.45) is 0 Å². The number of sulfonamides is 1. The van der Waals surface area contributed by atoms with Gasteiger partial charge in [0.15, 0.2) is 0 Å². The molecule has 0 saturated carbocycles. The van der Waals surface area contributed by atoms with Gasteiger partial charge in [-0.2, -0.15) is 13.2 Å². The number of aromatic nitrogens is 3. The van der Waals surface area contributed by atoms with Crippen molar-refractivity contribution in [2.45, 2.75) is 17.6 Å². The van der Waals surface area contributed by atoms with Gasteiger partial charge in [-0.1, -0.05) is 18.2 Å². The Morgan fingerprint density at radius 3 is 2.48 bits per heavy atom. The van der Waals surface area contributed by atoms with Crippen LogP contribution in [-0.4, -0.2) is 28.9 Å². The number of rotatable bonds is 6. The van der Waals surface area contributed by atoms with Crippen LogP contribution in [0.5, 0.6) is 0 Å². The summed E-state index contributed by atoms with van der Waals surface area (Å²) in [5.41, 5.74) is -2.60. The standard InChI is InChI=1S/C27H18F4N4O4S/c28-21-8-2-1-5-16(21)15-35-22-10-9-17(27(29,30)31)13-20(22)23(19-7-4-12-33-25(19)36)24(35)26(37)34-40(38,39)18-6-3-11-32-14-18/h1-14H,15H2,(H,33,36)(H,34,37). The lowest BCUT2D eigenvalue weighted by Gasteiger charge is -2.14. The number of halogens is 4. The molecule has 0 spiro atoms. The number of hydrogen-bond donors (Lipinski definition) is 2. The second kappa shape index (κ2) is 10.1. The number of carbonyl (C=O) groups excluding carboxylic acids is 1. The van der Waals surface area contributed by atoms with Gasteiger partial charge in [0, 0.05) is 46.2 Å². The molecule has 0 aliphatic carbocycles. The van der Waals surface area contributed by atoms with Crippen LogP contribution in [0.1, 0.15) is 21.6 Å². The Bertz CT molecular complexity index is 1920. The number of H-pyrrole nitrogens is 1. The molecule has 3 heterocycles. The Kier molecular flexibility index (Phi) is 6.75. The highest BCUT2D eigenvalue weighted by Gasteiger charge is 2.34. The molecule has 0 atom stereocenters. The van der Waals surface area contributed by atoms with E-state index in [1.54, 1.807) is 0 Å². The van der Waals surface area contributed by atoms with Crippen LogP contribution in [0.4, 0.5) is 17.6 Å². The van der Waals surface area contributed by atoms with Crippen molar-refractivity contribution >= 4 is 26.8 Å². The largest absolute Gasteiger partial charge is 0.416 e. The van der Waals surface area contributed by atoms with E-state index in [9.17, 15) is 35.6 Å². The number of amides is 1. The van der Waals surface area contributed by atoms with Gasteiger partial charge in [0.1, 0.15) is 16.4 Å². The smallest absolute Gasteiger partial charge is 0.331 e. The van der Waals surface area contributed by atoms with Gasteiger partial charge >= 0.3 is 6.18 Å². The molecular formula is C27H18F4N4O4S. The van der Waals surface area contributed by atoms with Gasteiger partial charge in [-0.25, -0.2) is 17.5 Å². The van der Waals surface area contributed by atoms with Crippen molar-refractivity contribution in [2.75, 3.05) is 0 Å². The summed E-state index contributed by atoms with van der Waals surface area (Å²) in [6.45, 7) is -0.366. The van der Waals surface area contributed by atoms with E-state index in [0.29, 0.717) is 0 Å². The number of hydrogen-bond acceptors (Lipinski definition) is 5. The molecule has 0 bridgehead atoms. The predicted molar refractivity (Wildman–Crippen MR) is 137 cm³/mol. The van der Waals surface area contributed by atoms with Gasteiger partial charge in [-0.3, -0.25) is 14.6 Å². The molecule has 40 heavy (non-hydrogen) atoms. The van der Waals surface area contributed by atoms with Crippen LogP contribution in [-0.2, 0) is 22.7 Å². The Hall–Kier alpha value is -4.78. The van der Waals surface area contributed by atoms with Gasteiger partial charge in [0.2, 0.25) is 0 Å². The summed E-state index contributed by atoms with van der Waals surface area (Å²) in [4.78, 5) is 32.4. The molecule has 0 radical (unpaired) electrons. The average molecular weight is 571 g/mol. The van der Waals surface area contributed by atoms with Crippen molar-refractivity contribution in [1.82, 2.24) is 19.3 Å². The summed E-state index contributed by atoms with van der Waals surface area (Å²) in [6, 6.07) is 13.4. The van der Waals surface area contributed by atoms with E-state index >= 15 is 0 Å². The molecular weight excluding hydrogens is 552 g/mol. The third kappa shape index (κ3) is 4.98. The first-order valence-electron chi connectivity index (χ1n) is 11.6. The topological polar surface area (TPSA) is 114 Å². The van der Waals surface area contributed by atoms with E-state index in [1.165, 1.54) is 59.4 Å². The molecule has 2 N–H and O–H groups in total. The third-order valence-electron chi connectivity index (χ3n) is 6.15. The highest BCUT2D eigenvalue weighted by molar-refractivity contribution is 7.90. The van der Waals surface area contributed by atoms with Crippen molar-refractivity contribution < 1.29 is 30.8 Å². The number of aromatic amines is 1. The molecule has 0 aliphatic heterocycles. The number of nitrogens with zero attached hydrogens (tertiary/aromatic N) is 2. The zero-order chi connectivity index (χ0) is 28.7. The van der Waals surface area contributed by atoms with Gasteiger partial charge in [-0.05, 0) is 48.5 Å². The van der Waals surface area contributed by atoms with Crippen molar-refractivity contribution in [3.63, 3.8) is 0 Å². The highest BCUT2D eigenvalue weighted by Crippen LogP contribution is 2.38. The second-order valence-corrected chi connectivity index (χ2v) is 10.3. The van der Waals surface area contributed by atoms with Gasteiger partial charge in [0.25, 0.3) is 21.5 Å². The molecule has 5 rings (SSSR count). The van der Waals surface area contributed by atoms with Gasteiger partial charge in [-0.15, -0.1) is 0 Å². The molecule has 1 amide bonds. The predicted octanol–water partition coefficient (Wildman–Crippen LogP) is 4.72. The molecule has 0 aliphatic rings. The summed E-state index contributed by atoms with van der Waals surface area (Å²) >= 11 is 0. The van der Waals surface area contributed by atoms with E-state index in [0.717, 1.165) is 30.5 Å². The minimum Gasteiger partial charge on any atom is -0.331 e. The van der Waals surface area contributed by atoms with Crippen molar-refractivity contribution in [3.05, 3.63) is 118 Å². The monoisotopic (exact) mass is 570 g/mol. The highest BCUT2D eigenvalue weighted by atomic mass is 32.2. The summed E-state index contributed by atoms with van der Waals surface area (Å²) in [5.74, 6) is -1.91. The third-order valence-corrected chi connectivity index (χ3v) is 7.47. The summed E-state index contributed by atoms with van der Waals surface area (Å²) in [6.07, 6.45) is -1.15. The van der Waals surface area contributed by atoms with Crippen molar-refractivity contribution in [1.29, 1.82) is 0 Å². The number of pyridine rings is 2. The van der Waals surface area contributed by atoms with Crippen LogP contribution in [0.15, 0.2) is 95.0 Å². The first-order chi connectivity index (χ1) is 19.0. The average Bonchev–Trinajstić information content (AvgIpc) is 3.23. The fourth-order valence-corrected chi connectivity index (χ4v) is 5.27. The number of fused-ring (bicyclic) bond motifs is 1. The fourth-order valence-electron chi connectivity index (χ4n) is 4.35. The van der Waals surface area contributed by atoms with Crippen molar-refractivity contribution in [3.8, 4) is 11.1 Å². The maximum Gasteiger partial charge on any atom is 0.416 e. The molecule has 0 saturated heterocycles. The number of benzene rings is 2. The minimum absolute atomic E-state index is 0.0402. The van der Waals surface area contributed by atoms with Crippen LogP contribution in [0.3, 0.4) is 0 Å². The molecule has 2 aromatic carbocycles. The summed E-state index contributed by atoms with van der Waals surface area (Å²) < 4.78 is 84.9.